The zero-order valence-electron chi connectivity index (χ0n) is 13.6. The van der Waals surface area contributed by atoms with Gasteiger partial charge in [0.15, 0.2) is 0 Å². The molecule has 1 aliphatic carbocycles. The number of hydrogen-bond acceptors (Lipinski definition) is 3. The Morgan fingerprint density at radius 1 is 1.19 bits per heavy atom. The standard InChI is InChI=1S/C18H29NO2/c1-4-19-14(2)12-15-8-10-16(11-9-15)21-18-7-5-6-17(13-18)20-3/h8-11,14,17-19H,4-7,12-13H2,1-3H3. The molecule has 2 rings (SSSR count). The maximum atomic E-state index is 6.10. The van der Waals surface area contributed by atoms with Crippen LogP contribution in [0.3, 0.4) is 0 Å². The van der Waals surface area contributed by atoms with E-state index in [9.17, 15) is 0 Å². The van der Waals surface area contributed by atoms with E-state index in [2.05, 4.69) is 43.4 Å². The molecule has 3 nitrogen and oxygen atoms in total. The zero-order chi connectivity index (χ0) is 15.1. The van der Waals surface area contributed by atoms with Crippen molar-refractivity contribution in [3.63, 3.8) is 0 Å². The lowest BCUT2D eigenvalue weighted by atomic mass is 9.95. The lowest BCUT2D eigenvalue weighted by molar-refractivity contribution is 0.0209. The van der Waals surface area contributed by atoms with Gasteiger partial charge in [0.2, 0.25) is 0 Å². The van der Waals surface area contributed by atoms with Gasteiger partial charge in [0, 0.05) is 19.6 Å². The molecule has 0 radical (unpaired) electrons. The van der Waals surface area contributed by atoms with Gasteiger partial charge in [0.1, 0.15) is 11.9 Å². The molecule has 3 heteroatoms. The molecule has 21 heavy (non-hydrogen) atoms. The Kier molecular flexibility index (Phi) is 6.52. The molecule has 1 aliphatic rings. The molecule has 118 valence electrons. The fourth-order valence-corrected chi connectivity index (χ4v) is 3.09. The van der Waals surface area contributed by atoms with E-state index in [1.807, 2.05) is 0 Å². The molecule has 0 aromatic heterocycles. The Balaban J connectivity index is 1.84. The lowest BCUT2D eigenvalue weighted by Crippen LogP contribution is -2.29. The van der Waals surface area contributed by atoms with Crippen LogP contribution in [0.1, 0.15) is 45.1 Å². The van der Waals surface area contributed by atoms with Crippen molar-refractivity contribution in [3.05, 3.63) is 29.8 Å². The van der Waals surface area contributed by atoms with Crippen molar-refractivity contribution in [2.45, 2.75) is 64.2 Å². The van der Waals surface area contributed by atoms with E-state index < -0.39 is 0 Å². The van der Waals surface area contributed by atoms with Gasteiger partial charge in [0.05, 0.1) is 6.10 Å². The summed E-state index contributed by atoms with van der Waals surface area (Å²) >= 11 is 0. The van der Waals surface area contributed by atoms with Crippen LogP contribution in [0.2, 0.25) is 0 Å². The van der Waals surface area contributed by atoms with E-state index in [4.69, 9.17) is 9.47 Å². The summed E-state index contributed by atoms with van der Waals surface area (Å²) in [6.07, 6.45) is 6.23. The Bertz CT molecular complexity index is 404. The van der Waals surface area contributed by atoms with Gasteiger partial charge >= 0.3 is 0 Å². The Hall–Kier alpha value is -1.06. The largest absolute Gasteiger partial charge is 0.490 e. The van der Waals surface area contributed by atoms with Gasteiger partial charge in [-0.15, -0.1) is 0 Å². The van der Waals surface area contributed by atoms with Crippen LogP contribution >= 0.6 is 0 Å². The van der Waals surface area contributed by atoms with Crippen molar-refractivity contribution in [3.8, 4) is 5.75 Å². The van der Waals surface area contributed by atoms with Crippen molar-refractivity contribution < 1.29 is 9.47 Å². The first kappa shape index (κ1) is 16.3. The molecule has 0 spiro atoms. The second-order valence-corrected chi connectivity index (χ2v) is 6.07. The van der Waals surface area contributed by atoms with Gasteiger partial charge in [-0.25, -0.2) is 0 Å². The van der Waals surface area contributed by atoms with Gasteiger partial charge in [-0.3, -0.25) is 0 Å². The predicted octanol–water partition coefficient (Wildman–Crippen LogP) is 3.56. The SMILES string of the molecule is CCNC(C)Cc1ccc(OC2CCCC(OC)C2)cc1. The van der Waals surface area contributed by atoms with E-state index in [0.717, 1.165) is 38.0 Å². The molecular formula is C18H29NO2. The van der Waals surface area contributed by atoms with Crippen LogP contribution in [0, 0.1) is 0 Å². The molecule has 0 aliphatic heterocycles. The number of hydrogen-bond donors (Lipinski definition) is 1. The van der Waals surface area contributed by atoms with Gasteiger partial charge in [0.25, 0.3) is 0 Å². The first-order valence-electron chi connectivity index (χ1n) is 8.23. The third-order valence-electron chi connectivity index (χ3n) is 4.23. The van der Waals surface area contributed by atoms with E-state index in [1.54, 1.807) is 7.11 Å². The van der Waals surface area contributed by atoms with Crippen molar-refractivity contribution in [2.24, 2.45) is 0 Å². The summed E-state index contributed by atoms with van der Waals surface area (Å²) in [5, 5.41) is 3.44. The third kappa shape index (κ3) is 5.33. The van der Waals surface area contributed by atoms with Crippen LogP contribution in [0.15, 0.2) is 24.3 Å². The molecule has 0 heterocycles. The summed E-state index contributed by atoms with van der Waals surface area (Å²) in [6.45, 7) is 5.39. The highest BCUT2D eigenvalue weighted by Gasteiger charge is 2.22. The molecule has 1 aromatic carbocycles. The fourth-order valence-electron chi connectivity index (χ4n) is 3.09. The molecule has 0 saturated heterocycles. The molecule has 1 saturated carbocycles. The summed E-state index contributed by atoms with van der Waals surface area (Å²) in [5.41, 5.74) is 1.36. The molecule has 0 amide bonds. The highest BCUT2D eigenvalue weighted by molar-refractivity contribution is 5.28. The summed E-state index contributed by atoms with van der Waals surface area (Å²) in [4.78, 5) is 0. The van der Waals surface area contributed by atoms with Crippen LogP contribution in [-0.4, -0.2) is 31.9 Å². The number of rotatable bonds is 7. The summed E-state index contributed by atoms with van der Waals surface area (Å²) in [6, 6.07) is 9.08. The first-order valence-corrected chi connectivity index (χ1v) is 8.23. The Morgan fingerprint density at radius 2 is 1.90 bits per heavy atom. The van der Waals surface area contributed by atoms with Crippen LogP contribution in [0.4, 0.5) is 0 Å². The van der Waals surface area contributed by atoms with Gasteiger partial charge < -0.3 is 14.8 Å². The summed E-state index contributed by atoms with van der Waals surface area (Å²) in [5.74, 6) is 0.983. The fraction of sp³-hybridized carbons (Fsp3) is 0.667. The van der Waals surface area contributed by atoms with Crippen molar-refractivity contribution in [2.75, 3.05) is 13.7 Å². The molecular weight excluding hydrogens is 262 g/mol. The van der Waals surface area contributed by atoms with E-state index in [-0.39, 0.29) is 0 Å². The van der Waals surface area contributed by atoms with Gasteiger partial charge in [-0.05, 0) is 56.8 Å². The second-order valence-electron chi connectivity index (χ2n) is 6.07. The van der Waals surface area contributed by atoms with Crippen molar-refractivity contribution in [1.29, 1.82) is 0 Å². The lowest BCUT2D eigenvalue weighted by Gasteiger charge is -2.28. The van der Waals surface area contributed by atoms with Crippen molar-refractivity contribution in [1.82, 2.24) is 5.32 Å². The smallest absolute Gasteiger partial charge is 0.119 e. The Labute approximate surface area is 129 Å². The maximum Gasteiger partial charge on any atom is 0.119 e. The highest BCUT2D eigenvalue weighted by Crippen LogP contribution is 2.25. The zero-order valence-corrected chi connectivity index (χ0v) is 13.6. The minimum Gasteiger partial charge on any atom is -0.490 e. The monoisotopic (exact) mass is 291 g/mol. The van der Waals surface area contributed by atoms with Crippen LogP contribution in [0.25, 0.3) is 0 Å². The number of nitrogens with one attached hydrogen (secondary N) is 1. The molecule has 3 unspecified atom stereocenters. The minimum atomic E-state index is 0.301. The number of methoxy groups -OCH3 is 1. The highest BCUT2D eigenvalue weighted by atomic mass is 16.5. The molecule has 1 aromatic rings. The molecule has 0 bridgehead atoms. The third-order valence-corrected chi connectivity index (χ3v) is 4.23. The van der Waals surface area contributed by atoms with Crippen molar-refractivity contribution >= 4 is 0 Å². The second kappa shape index (κ2) is 8.40. The summed E-state index contributed by atoms with van der Waals surface area (Å²) in [7, 11) is 1.80. The van der Waals surface area contributed by atoms with Crippen LogP contribution < -0.4 is 10.1 Å². The first-order chi connectivity index (χ1) is 10.2. The van der Waals surface area contributed by atoms with Gasteiger partial charge in [-0.2, -0.15) is 0 Å². The average molecular weight is 291 g/mol. The van der Waals surface area contributed by atoms with Crippen LogP contribution in [0.5, 0.6) is 5.75 Å². The summed E-state index contributed by atoms with van der Waals surface area (Å²) < 4.78 is 11.6. The van der Waals surface area contributed by atoms with Crippen LogP contribution in [-0.2, 0) is 11.2 Å². The molecule has 3 atom stereocenters. The maximum absolute atomic E-state index is 6.10. The number of benzene rings is 1. The quantitative estimate of drug-likeness (QED) is 0.833. The van der Waals surface area contributed by atoms with Gasteiger partial charge in [-0.1, -0.05) is 19.1 Å². The molecule has 1 N–H and O–H groups in total. The number of likely N-dealkylation sites (N-methyl/N-ethyl adjacent to an activating group) is 1. The Morgan fingerprint density at radius 3 is 2.57 bits per heavy atom. The minimum absolute atomic E-state index is 0.301. The topological polar surface area (TPSA) is 30.5 Å². The average Bonchev–Trinajstić information content (AvgIpc) is 2.50. The van der Waals surface area contributed by atoms with E-state index >= 15 is 0 Å². The molecule has 1 fully saturated rings. The predicted molar refractivity (Wildman–Crippen MR) is 87.0 cm³/mol. The number of ether oxygens (including phenoxy) is 2. The normalized spacial score (nSPS) is 23.8. The van der Waals surface area contributed by atoms with E-state index in [1.165, 1.54) is 12.0 Å². The van der Waals surface area contributed by atoms with E-state index in [0.29, 0.717) is 18.2 Å².